The lowest BCUT2D eigenvalue weighted by molar-refractivity contribution is 0.146. The van der Waals surface area contributed by atoms with Crippen molar-refractivity contribution in [2.24, 2.45) is 0 Å². The molecular formula is C6H4ClF2NO3S. The summed E-state index contributed by atoms with van der Waals surface area (Å²) >= 11 is 0. The predicted octanol–water partition coefficient (Wildman–Crippen LogP) is 1.65. The molecule has 0 spiro atoms. The molecule has 0 aromatic carbocycles. The smallest absolute Gasteiger partial charge is 0.282 e. The van der Waals surface area contributed by atoms with E-state index in [1.807, 2.05) is 0 Å². The minimum absolute atomic E-state index is 0.811. The number of pyridine rings is 1. The number of hydrogen-bond donors (Lipinski definition) is 1. The van der Waals surface area contributed by atoms with Gasteiger partial charge in [0, 0.05) is 16.9 Å². The van der Waals surface area contributed by atoms with E-state index >= 15 is 0 Å². The van der Waals surface area contributed by atoms with Crippen molar-refractivity contribution < 1.29 is 22.3 Å². The Hall–Kier alpha value is -0.950. The van der Waals surface area contributed by atoms with Gasteiger partial charge in [-0.25, -0.2) is 22.2 Å². The minimum Gasteiger partial charge on any atom is -0.505 e. The quantitative estimate of drug-likeness (QED) is 0.802. The van der Waals surface area contributed by atoms with E-state index in [0.717, 1.165) is 12.3 Å². The van der Waals surface area contributed by atoms with Gasteiger partial charge >= 0.3 is 0 Å². The Labute approximate surface area is 82.6 Å². The average molecular weight is 244 g/mol. The highest BCUT2D eigenvalue weighted by Gasteiger charge is 2.23. The van der Waals surface area contributed by atoms with Gasteiger partial charge in [-0.15, -0.1) is 0 Å². The fraction of sp³-hybridized carbons (Fsp3) is 0.167. The number of rotatable bonds is 2. The number of alkyl halides is 2. The topological polar surface area (TPSA) is 67.3 Å². The van der Waals surface area contributed by atoms with Gasteiger partial charge < -0.3 is 5.11 Å². The fourth-order valence-corrected chi connectivity index (χ4v) is 1.68. The fourth-order valence-electron chi connectivity index (χ4n) is 0.803. The molecule has 4 nitrogen and oxygen atoms in total. The van der Waals surface area contributed by atoms with Crippen molar-refractivity contribution in [3.63, 3.8) is 0 Å². The molecule has 14 heavy (non-hydrogen) atoms. The maximum absolute atomic E-state index is 12.2. The third-order valence-electron chi connectivity index (χ3n) is 1.39. The van der Waals surface area contributed by atoms with Gasteiger partial charge in [0.05, 0.1) is 5.56 Å². The third kappa shape index (κ3) is 2.10. The molecule has 1 N–H and O–H groups in total. The summed E-state index contributed by atoms with van der Waals surface area (Å²) < 4.78 is 45.8. The van der Waals surface area contributed by atoms with Crippen LogP contribution in [0.3, 0.4) is 0 Å². The van der Waals surface area contributed by atoms with Gasteiger partial charge in [-0.05, 0) is 6.07 Å². The second-order valence-corrected chi connectivity index (χ2v) is 4.77. The molecule has 0 saturated heterocycles. The van der Waals surface area contributed by atoms with Crippen molar-refractivity contribution in [2.45, 2.75) is 11.5 Å². The van der Waals surface area contributed by atoms with Crippen LogP contribution >= 0.6 is 10.7 Å². The molecule has 0 aliphatic rings. The van der Waals surface area contributed by atoms with Crippen LogP contribution in [0.15, 0.2) is 17.3 Å². The Kier molecular flexibility index (Phi) is 2.91. The first-order chi connectivity index (χ1) is 6.34. The van der Waals surface area contributed by atoms with E-state index in [4.69, 9.17) is 15.8 Å². The molecule has 8 heteroatoms. The van der Waals surface area contributed by atoms with Crippen LogP contribution in [-0.4, -0.2) is 18.5 Å². The summed E-state index contributed by atoms with van der Waals surface area (Å²) in [4.78, 5) is 3.19. The SMILES string of the molecule is O=S(=O)(Cl)c1nccc(C(F)F)c1O. The zero-order chi connectivity index (χ0) is 10.9. The molecule has 1 heterocycles. The van der Waals surface area contributed by atoms with Crippen molar-refractivity contribution in [3.05, 3.63) is 17.8 Å². The van der Waals surface area contributed by atoms with Gasteiger partial charge in [-0.3, -0.25) is 0 Å². The van der Waals surface area contributed by atoms with E-state index in [9.17, 15) is 17.2 Å². The molecule has 78 valence electrons. The predicted molar refractivity (Wildman–Crippen MR) is 43.9 cm³/mol. The number of hydrogen-bond acceptors (Lipinski definition) is 4. The van der Waals surface area contributed by atoms with Gasteiger partial charge in [0.2, 0.25) is 5.03 Å². The lowest BCUT2D eigenvalue weighted by Crippen LogP contribution is -1.98. The standard InChI is InChI=1S/C6H4ClF2NO3S/c7-14(12,13)6-4(11)3(5(8)9)1-2-10-6/h1-2,5,11H. The van der Waals surface area contributed by atoms with E-state index in [1.165, 1.54) is 0 Å². The molecule has 0 unspecified atom stereocenters. The molecule has 0 bridgehead atoms. The zero-order valence-electron chi connectivity index (χ0n) is 6.49. The maximum Gasteiger partial charge on any atom is 0.282 e. The van der Waals surface area contributed by atoms with E-state index in [0.29, 0.717) is 0 Å². The first-order valence-electron chi connectivity index (χ1n) is 3.24. The van der Waals surface area contributed by atoms with Crippen LogP contribution in [0.1, 0.15) is 12.0 Å². The van der Waals surface area contributed by atoms with Crippen molar-refractivity contribution in [3.8, 4) is 5.75 Å². The lowest BCUT2D eigenvalue weighted by atomic mass is 10.2. The second kappa shape index (κ2) is 3.66. The summed E-state index contributed by atoms with van der Waals surface area (Å²) in [7, 11) is 0.534. The van der Waals surface area contributed by atoms with Gasteiger partial charge in [-0.1, -0.05) is 0 Å². The summed E-state index contributed by atoms with van der Waals surface area (Å²) in [5.74, 6) is -1.11. The molecule has 0 aliphatic carbocycles. The highest BCUT2D eigenvalue weighted by atomic mass is 35.7. The van der Waals surface area contributed by atoms with Crippen LogP contribution in [0, 0.1) is 0 Å². The number of aromatic nitrogens is 1. The molecular weight excluding hydrogens is 240 g/mol. The first kappa shape index (κ1) is 11.1. The van der Waals surface area contributed by atoms with Crippen LogP contribution in [0.5, 0.6) is 5.75 Å². The number of halogens is 3. The Balaban J connectivity index is 3.43. The van der Waals surface area contributed by atoms with Crippen LogP contribution in [-0.2, 0) is 9.05 Å². The van der Waals surface area contributed by atoms with E-state index in [-0.39, 0.29) is 0 Å². The maximum atomic E-state index is 12.2. The van der Waals surface area contributed by atoms with Gasteiger partial charge in [0.25, 0.3) is 15.5 Å². The molecule has 0 saturated carbocycles. The summed E-state index contributed by atoms with van der Waals surface area (Å²) in [5.41, 5.74) is -0.820. The first-order valence-corrected chi connectivity index (χ1v) is 5.55. The molecule has 0 fully saturated rings. The monoisotopic (exact) mass is 243 g/mol. The van der Waals surface area contributed by atoms with Crippen molar-refractivity contribution in [1.82, 2.24) is 4.98 Å². The Morgan fingerprint density at radius 1 is 1.50 bits per heavy atom. The Morgan fingerprint density at radius 2 is 2.07 bits per heavy atom. The molecule has 1 rings (SSSR count). The highest BCUT2D eigenvalue weighted by molar-refractivity contribution is 8.13. The normalized spacial score (nSPS) is 12.0. The summed E-state index contributed by atoms with van der Waals surface area (Å²) in [5, 5.41) is 8.13. The van der Waals surface area contributed by atoms with E-state index in [1.54, 1.807) is 0 Å². The van der Waals surface area contributed by atoms with Crippen LogP contribution in [0.25, 0.3) is 0 Å². The zero-order valence-corrected chi connectivity index (χ0v) is 8.06. The van der Waals surface area contributed by atoms with Gasteiger partial charge in [-0.2, -0.15) is 0 Å². The van der Waals surface area contributed by atoms with Crippen LogP contribution in [0.4, 0.5) is 8.78 Å². The van der Waals surface area contributed by atoms with E-state index in [2.05, 4.69) is 4.98 Å². The largest absolute Gasteiger partial charge is 0.505 e. The highest BCUT2D eigenvalue weighted by Crippen LogP contribution is 2.33. The number of nitrogens with zero attached hydrogens (tertiary/aromatic N) is 1. The van der Waals surface area contributed by atoms with Gasteiger partial charge in [0.15, 0.2) is 5.75 Å². The third-order valence-corrected chi connectivity index (χ3v) is 2.59. The Morgan fingerprint density at radius 3 is 2.50 bits per heavy atom. The van der Waals surface area contributed by atoms with Crippen molar-refractivity contribution in [1.29, 1.82) is 0 Å². The molecule has 0 amide bonds. The molecule has 0 aliphatic heterocycles. The van der Waals surface area contributed by atoms with Crippen LogP contribution < -0.4 is 0 Å². The molecule has 1 aromatic rings. The second-order valence-electron chi connectivity index (χ2n) is 2.29. The molecule has 0 atom stereocenters. The van der Waals surface area contributed by atoms with Crippen molar-refractivity contribution >= 4 is 19.7 Å². The lowest BCUT2D eigenvalue weighted by Gasteiger charge is -2.04. The van der Waals surface area contributed by atoms with Crippen LogP contribution in [0.2, 0.25) is 0 Å². The summed E-state index contributed by atoms with van der Waals surface area (Å²) in [6.07, 6.45) is -2.16. The van der Waals surface area contributed by atoms with Crippen molar-refractivity contribution in [2.75, 3.05) is 0 Å². The van der Waals surface area contributed by atoms with Gasteiger partial charge in [0.1, 0.15) is 0 Å². The minimum atomic E-state index is -4.31. The summed E-state index contributed by atoms with van der Waals surface area (Å²) in [6, 6.07) is 0.811. The summed E-state index contributed by atoms with van der Waals surface area (Å²) in [6.45, 7) is 0. The van der Waals surface area contributed by atoms with E-state index < -0.39 is 31.8 Å². The average Bonchev–Trinajstić information content (AvgIpc) is 2.01. The Bertz CT molecular complexity index is 448. The molecule has 0 radical (unpaired) electrons. The molecule has 1 aromatic heterocycles. The number of aromatic hydroxyl groups is 1.